The lowest BCUT2D eigenvalue weighted by atomic mass is 10.3. The first-order valence-electron chi connectivity index (χ1n) is 7.96. The van der Waals surface area contributed by atoms with Gasteiger partial charge in [-0.05, 0) is 47.6 Å². The molecule has 0 unspecified atom stereocenters. The second kappa shape index (κ2) is 9.56. The van der Waals surface area contributed by atoms with E-state index < -0.39 is 0 Å². The molecule has 6 nitrogen and oxygen atoms in total. The number of hydrogen-bond donors (Lipinski definition) is 1. The predicted molar refractivity (Wildman–Crippen MR) is 105 cm³/mol. The summed E-state index contributed by atoms with van der Waals surface area (Å²) < 4.78 is 5.21. The molecule has 1 aromatic carbocycles. The van der Waals surface area contributed by atoms with E-state index in [-0.39, 0.29) is 24.9 Å². The van der Waals surface area contributed by atoms with E-state index in [0.717, 1.165) is 5.56 Å². The molecular formula is C18H22ClN3O3S. The number of ether oxygens (including phenoxy) is 1. The Morgan fingerprint density at radius 3 is 2.65 bits per heavy atom. The number of halogens is 1. The van der Waals surface area contributed by atoms with Crippen molar-refractivity contribution in [2.75, 3.05) is 39.6 Å². The van der Waals surface area contributed by atoms with Crippen LogP contribution in [0, 0.1) is 0 Å². The van der Waals surface area contributed by atoms with E-state index in [0.29, 0.717) is 23.0 Å². The Kier molecular flexibility index (Phi) is 7.44. The second-order valence-corrected chi connectivity index (χ2v) is 7.16. The quantitative estimate of drug-likeness (QED) is 0.746. The highest BCUT2D eigenvalue weighted by Gasteiger charge is 2.15. The van der Waals surface area contributed by atoms with Gasteiger partial charge in [-0.15, -0.1) is 0 Å². The molecule has 2 rings (SSSR count). The van der Waals surface area contributed by atoms with Crippen molar-refractivity contribution in [1.29, 1.82) is 0 Å². The summed E-state index contributed by atoms with van der Waals surface area (Å²) in [6.07, 6.45) is 0. The standard InChI is InChI=1S/C18H22ClN3O3S/c1-21(11-18(24)22(2)9-13-6-7-26-12-13)10-17(23)20-15-8-14(19)4-5-16(15)25-3/h4-8,12H,9-11H2,1-3H3,(H,20,23). The van der Waals surface area contributed by atoms with Crippen LogP contribution in [0.2, 0.25) is 5.02 Å². The van der Waals surface area contributed by atoms with Gasteiger partial charge < -0.3 is 15.0 Å². The smallest absolute Gasteiger partial charge is 0.238 e. The number of methoxy groups -OCH3 is 1. The highest BCUT2D eigenvalue weighted by atomic mass is 35.5. The van der Waals surface area contributed by atoms with Crippen LogP contribution in [-0.4, -0.2) is 55.9 Å². The van der Waals surface area contributed by atoms with Crippen LogP contribution in [0.4, 0.5) is 5.69 Å². The van der Waals surface area contributed by atoms with Gasteiger partial charge in [0.1, 0.15) is 5.75 Å². The molecule has 0 aliphatic rings. The van der Waals surface area contributed by atoms with E-state index in [1.165, 1.54) is 7.11 Å². The van der Waals surface area contributed by atoms with E-state index in [1.807, 2.05) is 16.8 Å². The van der Waals surface area contributed by atoms with Crippen LogP contribution in [0.15, 0.2) is 35.0 Å². The molecule has 0 fully saturated rings. The lowest BCUT2D eigenvalue weighted by Gasteiger charge is -2.21. The first-order chi connectivity index (χ1) is 12.4. The van der Waals surface area contributed by atoms with Crippen LogP contribution in [0.3, 0.4) is 0 Å². The van der Waals surface area contributed by atoms with Gasteiger partial charge in [0.2, 0.25) is 11.8 Å². The van der Waals surface area contributed by atoms with Crippen molar-refractivity contribution in [3.63, 3.8) is 0 Å². The maximum Gasteiger partial charge on any atom is 0.238 e. The number of likely N-dealkylation sites (N-methyl/N-ethyl adjacent to an activating group) is 2. The van der Waals surface area contributed by atoms with Crippen molar-refractivity contribution in [3.05, 3.63) is 45.6 Å². The molecule has 140 valence electrons. The van der Waals surface area contributed by atoms with Gasteiger partial charge in [0.15, 0.2) is 0 Å². The fourth-order valence-electron chi connectivity index (χ4n) is 2.36. The largest absolute Gasteiger partial charge is 0.495 e. The van der Waals surface area contributed by atoms with Crippen molar-refractivity contribution in [2.45, 2.75) is 6.54 Å². The summed E-state index contributed by atoms with van der Waals surface area (Å²) >= 11 is 7.56. The molecule has 0 saturated heterocycles. The monoisotopic (exact) mass is 395 g/mol. The second-order valence-electron chi connectivity index (χ2n) is 5.95. The molecule has 2 aromatic rings. The minimum Gasteiger partial charge on any atom is -0.495 e. The number of nitrogens with zero attached hydrogens (tertiary/aromatic N) is 2. The highest BCUT2D eigenvalue weighted by molar-refractivity contribution is 7.07. The number of carbonyl (C=O) groups is 2. The first kappa shape index (κ1) is 20.2. The van der Waals surface area contributed by atoms with Crippen LogP contribution in [0.25, 0.3) is 0 Å². The van der Waals surface area contributed by atoms with E-state index in [2.05, 4.69) is 5.32 Å². The summed E-state index contributed by atoms with van der Waals surface area (Å²) in [5.41, 5.74) is 1.60. The number of anilines is 1. The van der Waals surface area contributed by atoms with Gasteiger partial charge in [0, 0.05) is 18.6 Å². The Labute approximate surface area is 162 Å². The summed E-state index contributed by atoms with van der Waals surface area (Å²) in [5.74, 6) is 0.227. The molecule has 1 N–H and O–H groups in total. The SMILES string of the molecule is COc1ccc(Cl)cc1NC(=O)CN(C)CC(=O)N(C)Cc1ccsc1. The molecular weight excluding hydrogens is 374 g/mol. The van der Waals surface area contributed by atoms with Crippen LogP contribution < -0.4 is 10.1 Å². The maximum absolute atomic E-state index is 12.3. The van der Waals surface area contributed by atoms with Crippen molar-refractivity contribution in [3.8, 4) is 5.75 Å². The van der Waals surface area contributed by atoms with Crippen molar-refractivity contribution >= 4 is 40.4 Å². The highest BCUT2D eigenvalue weighted by Crippen LogP contribution is 2.27. The average Bonchev–Trinajstić information content (AvgIpc) is 3.07. The summed E-state index contributed by atoms with van der Waals surface area (Å²) in [7, 11) is 5.00. The van der Waals surface area contributed by atoms with E-state index >= 15 is 0 Å². The Morgan fingerprint density at radius 1 is 1.23 bits per heavy atom. The van der Waals surface area contributed by atoms with Gasteiger partial charge >= 0.3 is 0 Å². The van der Waals surface area contributed by atoms with Crippen molar-refractivity contribution in [2.24, 2.45) is 0 Å². The fraction of sp³-hybridized carbons (Fsp3) is 0.333. The third-order valence-corrected chi connectivity index (χ3v) is 4.65. The summed E-state index contributed by atoms with van der Waals surface area (Å²) in [6.45, 7) is 0.788. The average molecular weight is 396 g/mol. The lowest BCUT2D eigenvalue weighted by Crippen LogP contribution is -2.39. The molecule has 2 amide bonds. The van der Waals surface area contributed by atoms with Crippen LogP contribution >= 0.6 is 22.9 Å². The molecule has 0 atom stereocenters. The molecule has 1 heterocycles. The van der Waals surface area contributed by atoms with Gasteiger partial charge in [0.25, 0.3) is 0 Å². The van der Waals surface area contributed by atoms with E-state index in [1.54, 1.807) is 53.4 Å². The molecule has 0 radical (unpaired) electrons. The van der Waals surface area contributed by atoms with Gasteiger partial charge in [0.05, 0.1) is 25.9 Å². The number of thiophene rings is 1. The molecule has 0 saturated carbocycles. The van der Waals surface area contributed by atoms with E-state index in [9.17, 15) is 9.59 Å². The zero-order valence-corrected chi connectivity index (χ0v) is 16.6. The maximum atomic E-state index is 12.3. The zero-order chi connectivity index (χ0) is 19.1. The lowest BCUT2D eigenvalue weighted by molar-refractivity contribution is -0.131. The molecule has 0 spiro atoms. The van der Waals surface area contributed by atoms with Gasteiger partial charge in [-0.25, -0.2) is 0 Å². The molecule has 0 aliphatic carbocycles. The van der Waals surface area contributed by atoms with Crippen LogP contribution in [0.1, 0.15) is 5.56 Å². The molecule has 0 bridgehead atoms. The van der Waals surface area contributed by atoms with E-state index in [4.69, 9.17) is 16.3 Å². The van der Waals surface area contributed by atoms with Gasteiger partial charge in [-0.1, -0.05) is 11.6 Å². The Balaban J connectivity index is 1.85. The Morgan fingerprint density at radius 2 is 2.00 bits per heavy atom. The molecule has 26 heavy (non-hydrogen) atoms. The van der Waals surface area contributed by atoms with Crippen molar-refractivity contribution < 1.29 is 14.3 Å². The fourth-order valence-corrected chi connectivity index (χ4v) is 3.20. The Hall–Kier alpha value is -2.09. The number of amides is 2. The van der Waals surface area contributed by atoms with Gasteiger partial charge in [-0.3, -0.25) is 14.5 Å². The minimum atomic E-state index is -0.249. The summed E-state index contributed by atoms with van der Waals surface area (Å²) in [5, 5.41) is 7.25. The zero-order valence-electron chi connectivity index (χ0n) is 15.0. The van der Waals surface area contributed by atoms with Gasteiger partial charge in [-0.2, -0.15) is 11.3 Å². The molecule has 1 aromatic heterocycles. The summed E-state index contributed by atoms with van der Waals surface area (Å²) in [6, 6.07) is 6.98. The van der Waals surface area contributed by atoms with Crippen LogP contribution in [-0.2, 0) is 16.1 Å². The number of carbonyl (C=O) groups excluding carboxylic acids is 2. The minimum absolute atomic E-state index is 0.0492. The Bertz CT molecular complexity index is 752. The number of hydrogen-bond acceptors (Lipinski definition) is 5. The topological polar surface area (TPSA) is 61.9 Å². The predicted octanol–water partition coefficient (Wildman–Crippen LogP) is 2.94. The first-order valence-corrected chi connectivity index (χ1v) is 9.28. The third-order valence-electron chi connectivity index (χ3n) is 3.68. The van der Waals surface area contributed by atoms with Crippen molar-refractivity contribution in [1.82, 2.24) is 9.80 Å². The summed E-state index contributed by atoms with van der Waals surface area (Å²) in [4.78, 5) is 27.8. The van der Waals surface area contributed by atoms with Crippen LogP contribution in [0.5, 0.6) is 5.75 Å². The normalized spacial score (nSPS) is 10.7. The molecule has 0 aliphatic heterocycles. The number of nitrogens with one attached hydrogen (secondary N) is 1. The third kappa shape index (κ3) is 6.01. The number of benzene rings is 1. The molecule has 8 heteroatoms. The number of rotatable bonds is 8.